The fourth-order valence-corrected chi connectivity index (χ4v) is 1.67. The Morgan fingerprint density at radius 2 is 2.20 bits per heavy atom. The standard InChI is InChI=1S/C10H14BrNO2.ClH/c1-14-10-3-2-7(11)6-8(10)9(12)4-5-13;/h2-3,6,9,13H,4-5,12H2,1H3;1H/t9-;/m0./s1. The molecule has 0 aromatic heterocycles. The van der Waals surface area contributed by atoms with E-state index in [1.165, 1.54) is 0 Å². The Morgan fingerprint density at radius 1 is 1.53 bits per heavy atom. The largest absolute Gasteiger partial charge is 0.496 e. The predicted octanol–water partition coefficient (Wildman–Crippen LogP) is 2.26. The van der Waals surface area contributed by atoms with E-state index in [9.17, 15) is 0 Å². The third-order valence-corrected chi connectivity index (χ3v) is 2.52. The van der Waals surface area contributed by atoms with Crippen LogP contribution in [0.3, 0.4) is 0 Å². The summed E-state index contributed by atoms with van der Waals surface area (Å²) in [6.45, 7) is 0.0802. The van der Waals surface area contributed by atoms with Crippen molar-refractivity contribution in [1.29, 1.82) is 0 Å². The normalized spacial score (nSPS) is 11.7. The van der Waals surface area contributed by atoms with E-state index in [0.717, 1.165) is 15.8 Å². The van der Waals surface area contributed by atoms with Gasteiger partial charge in [0.25, 0.3) is 0 Å². The molecular formula is C10H15BrClNO2. The predicted molar refractivity (Wildman–Crippen MR) is 66.6 cm³/mol. The van der Waals surface area contributed by atoms with Gasteiger partial charge in [0, 0.05) is 22.7 Å². The van der Waals surface area contributed by atoms with Crippen LogP contribution >= 0.6 is 28.3 Å². The molecule has 1 aromatic carbocycles. The van der Waals surface area contributed by atoms with Gasteiger partial charge in [-0.15, -0.1) is 12.4 Å². The Balaban J connectivity index is 0.00000196. The Morgan fingerprint density at radius 3 is 2.73 bits per heavy atom. The molecule has 0 spiro atoms. The maximum absolute atomic E-state index is 8.80. The molecule has 0 bridgehead atoms. The number of aliphatic hydroxyl groups excluding tert-OH is 1. The van der Waals surface area contributed by atoms with E-state index in [4.69, 9.17) is 15.6 Å². The van der Waals surface area contributed by atoms with Crippen LogP contribution in [-0.4, -0.2) is 18.8 Å². The molecule has 0 radical (unpaired) electrons. The molecule has 1 rings (SSSR count). The first-order valence-corrected chi connectivity index (χ1v) is 5.18. The van der Waals surface area contributed by atoms with E-state index in [1.54, 1.807) is 7.11 Å². The van der Waals surface area contributed by atoms with Crippen LogP contribution in [0.4, 0.5) is 0 Å². The highest BCUT2D eigenvalue weighted by molar-refractivity contribution is 9.10. The van der Waals surface area contributed by atoms with Crippen molar-refractivity contribution in [3.63, 3.8) is 0 Å². The molecule has 3 nitrogen and oxygen atoms in total. The molecule has 0 amide bonds. The number of methoxy groups -OCH3 is 1. The Kier molecular flexibility index (Phi) is 6.92. The number of hydrogen-bond donors (Lipinski definition) is 2. The van der Waals surface area contributed by atoms with Gasteiger partial charge in [0.15, 0.2) is 0 Å². The summed E-state index contributed by atoms with van der Waals surface area (Å²) in [6, 6.07) is 5.48. The minimum atomic E-state index is -0.188. The van der Waals surface area contributed by atoms with Gasteiger partial charge in [-0.05, 0) is 24.6 Å². The van der Waals surface area contributed by atoms with Crippen molar-refractivity contribution >= 4 is 28.3 Å². The van der Waals surface area contributed by atoms with Gasteiger partial charge in [-0.1, -0.05) is 15.9 Å². The molecule has 0 aliphatic rings. The number of aliphatic hydroxyl groups is 1. The van der Waals surface area contributed by atoms with E-state index < -0.39 is 0 Å². The lowest BCUT2D eigenvalue weighted by molar-refractivity contribution is 0.275. The molecule has 15 heavy (non-hydrogen) atoms. The molecule has 86 valence electrons. The summed E-state index contributed by atoms with van der Waals surface area (Å²) < 4.78 is 6.15. The summed E-state index contributed by atoms with van der Waals surface area (Å²) in [4.78, 5) is 0. The van der Waals surface area contributed by atoms with Crippen LogP contribution in [0.5, 0.6) is 5.75 Å². The van der Waals surface area contributed by atoms with Crippen molar-refractivity contribution in [2.45, 2.75) is 12.5 Å². The molecule has 1 aromatic rings. The lowest BCUT2D eigenvalue weighted by Gasteiger charge is -2.14. The average molecular weight is 297 g/mol. The number of rotatable bonds is 4. The summed E-state index contributed by atoms with van der Waals surface area (Å²) in [6.07, 6.45) is 0.535. The van der Waals surface area contributed by atoms with E-state index in [1.807, 2.05) is 18.2 Å². The highest BCUT2D eigenvalue weighted by atomic mass is 79.9. The van der Waals surface area contributed by atoms with Gasteiger partial charge in [0.2, 0.25) is 0 Å². The third-order valence-electron chi connectivity index (χ3n) is 2.03. The van der Waals surface area contributed by atoms with E-state index in [0.29, 0.717) is 6.42 Å². The highest BCUT2D eigenvalue weighted by Gasteiger charge is 2.11. The maximum atomic E-state index is 8.80. The molecular weight excluding hydrogens is 281 g/mol. The van der Waals surface area contributed by atoms with Gasteiger partial charge in [-0.25, -0.2) is 0 Å². The van der Waals surface area contributed by atoms with Crippen LogP contribution < -0.4 is 10.5 Å². The number of benzene rings is 1. The molecule has 5 heteroatoms. The zero-order valence-electron chi connectivity index (χ0n) is 8.44. The lowest BCUT2D eigenvalue weighted by Crippen LogP contribution is -2.13. The summed E-state index contributed by atoms with van der Waals surface area (Å²) in [5, 5.41) is 8.80. The molecule has 0 unspecified atom stereocenters. The SMILES string of the molecule is COc1ccc(Br)cc1[C@@H](N)CCO.Cl. The number of hydrogen-bond acceptors (Lipinski definition) is 3. The second-order valence-corrected chi connectivity index (χ2v) is 3.92. The van der Waals surface area contributed by atoms with Gasteiger partial charge in [0.05, 0.1) is 7.11 Å². The number of ether oxygens (including phenoxy) is 1. The Hall–Kier alpha value is -0.290. The van der Waals surface area contributed by atoms with Crippen LogP contribution in [0, 0.1) is 0 Å². The fraction of sp³-hybridized carbons (Fsp3) is 0.400. The minimum absolute atomic E-state index is 0. The number of halogens is 2. The van der Waals surface area contributed by atoms with Crippen molar-refractivity contribution in [1.82, 2.24) is 0 Å². The molecule has 0 fully saturated rings. The molecule has 0 saturated heterocycles. The Bertz CT molecular complexity index is 309. The quantitative estimate of drug-likeness (QED) is 0.896. The summed E-state index contributed by atoms with van der Waals surface area (Å²) in [7, 11) is 1.61. The van der Waals surface area contributed by atoms with Crippen LogP contribution in [-0.2, 0) is 0 Å². The van der Waals surface area contributed by atoms with Gasteiger partial charge in [-0.2, -0.15) is 0 Å². The molecule has 0 saturated carbocycles. The first kappa shape index (κ1) is 14.7. The van der Waals surface area contributed by atoms with Gasteiger partial charge >= 0.3 is 0 Å². The molecule has 3 N–H and O–H groups in total. The lowest BCUT2D eigenvalue weighted by atomic mass is 10.0. The smallest absolute Gasteiger partial charge is 0.123 e. The zero-order chi connectivity index (χ0) is 10.6. The number of nitrogens with two attached hydrogens (primary N) is 1. The zero-order valence-corrected chi connectivity index (χ0v) is 10.8. The van der Waals surface area contributed by atoms with E-state index >= 15 is 0 Å². The summed E-state index contributed by atoms with van der Waals surface area (Å²) in [5.41, 5.74) is 6.80. The van der Waals surface area contributed by atoms with Crippen LogP contribution in [0.1, 0.15) is 18.0 Å². The summed E-state index contributed by atoms with van der Waals surface area (Å²) in [5.74, 6) is 0.758. The van der Waals surface area contributed by atoms with Crippen molar-refractivity contribution in [3.8, 4) is 5.75 Å². The summed E-state index contributed by atoms with van der Waals surface area (Å²) >= 11 is 3.37. The molecule has 0 aliphatic carbocycles. The molecule has 1 atom stereocenters. The van der Waals surface area contributed by atoms with Gasteiger partial charge < -0.3 is 15.6 Å². The topological polar surface area (TPSA) is 55.5 Å². The van der Waals surface area contributed by atoms with E-state index in [2.05, 4.69) is 15.9 Å². The highest BCUT2D eigenvalue weighted by Crippen LogP contribution is 2.28. The first-order valence-electron chi connectivity index (χ1n) is 4.39. The second-order valence-electron chi connectivity index (χ2n) is 3.01. The van der Waals surface area contributed by atoms with Crippen LogP contribution in [0.25, 0.3) is 0 Å². The third kappa shape index (κ3) is 3.99. The van der Waals surface area contributed by atoms with Crippen molar-refractivity contribution < 1.29 is 9.84 Å². The first-order chi connectivity index (χ1) is 6.69. The maximum Gasteiger partial charge on any atom is 0.123 e. The van der Waals surface area contributed by atoms with Crippen LogP contribution in [0.2, 0.25) is 0 Å². The molecule has 0 heterocycles. The van der Waals surface area contributed by atoms with Crippen molar-refractivity contribution in [3.05, 3.63) is 28.2 Å². The fourth-order valence-electron chi connectivity index (χ4n) is 1.29. The average Bonchev–Trinajstić information content (AvgIpc) is 2.18. The Labute approximate surface area is 104 Å². The van der Waals surface area contributed by atoms with Crippen LogP contribution in [0.15, 0.2) is 22.7 Å². The van der Waals surface area contributed by atoms with E-state index in [-0.39, 0.29) is 25.1 Å². The minimum Gasteiger partial charge on any atom is -0.496 e. The van der Waals surface area contributed by atoms with Gasteiger partial charge in [-0.3, -0.25) is 0 Å². The van der Waals surface area contributed by atoms with Crippen molar-refractivity contribution in [2.24, 2.45) is 5.73 Å². The second kappa shape index (κ2) is 7.06. The van der Waals surface area contributed by atoms with Gasteiger partial charge in [0.1, 0.15) is 5.75 Å². The van der Waals surface area contributed by atoms with Crippen molar-refractivity contribution in [2.75, 3.05) is 13.7 Å². The molecule has 0 aliphatic heterocycles. The monoisotopic (exact) mass is 295 g/mol.